The molecule has 0 spiro atoms. The van der Waals surface area contributed by atoms with E-state index in [1.807, 2.05) is 0 Å². The third-order valence-electron chi connectivity index (χ3n) is 11.7. The van der Waals surface area contributed by atoms with Crippen LogP contribution in [0, 0.1) is 46.3 Å². The zero-order valence-electron chi connectivity index (χ0n) is 23.5. The lowest BCUT2D eigenvalue weighted by Gasteiger charge is -2.62. The van der Waals surface area contributed by atoms with Crippen LogP contribution in [0.1, 0.15) is 97.8 Å². The first kappa shape index (κ1) is 28.8. The first-order valence-corrected chi connectivity index (χ1v) is 15.2. The van der Waals surface area contributed by atoms with Crippen molar-refractivity contribution in [3.8, 4) is 0 Å². The molecular weight excluding hydrogens is 466 g/mol. The van der Waals surface area contributed by atoms with Gasteiger partial charge in [0.25, 0.3) is 0 Å². The molecule has 4 fully saturated rings. The molecule has 7 nitrogen and oxygen atoms in total. The van der Waals surface area contributed by atoms with Gasteiger partial charge in [-0.2, -0.15) is 0 Å². The van der Waals surface area contributed by atoms with Crippen LogP contribution in [0.5, 0.6) is 0 Å². The number of nitrogens with two attached hydrogens (primary N) is 1. The highest BCUT2D eigenvalue weighted by atomic mass is 16.4. The van der Waals surface area contributed by atoms with Crippen molar-refractivity contribution >= 4 is 11.9 Å². The number of carbonyl (C=O) groups is 2. The van der Waals surface area contributed by atoms with E-state index in [-0.39, 0.29) is 12.0 Å². The molecule has 6 N–H and O–H groups in total. The Labute approximate surface area is 224 Å². The summed E-state index contributed by atoms with van der Waals surface area (Å²) in [6.07, 6.45) is 11.6. The van der Waals surface area contributed by atoms with Gasteiger partial charge in [-0.1, -0.05) is 20.8 Å². The van der Waals surface area contributed by atoms with Crippen molar-refractivity contribution in [3.63, 3.8) is 0 Å². The number of aliphatic carboxylic acids is 1. The monoisotopic (exact) mass is 519 g/mol. The number of aliphatic hydroxyl groups is 1. The summed E-state index contributed by atoms with van der Waals surface area (Å²) in [5.74, 6) is 2.80. The maximum Gasteiger partial charge on any atom is 0.320 e. The Balaban J connectivity index is 1.24. The SMILES string of the molecule is C[C@H](CCCC(=O)NCCCC[C@H](N)C(=O)O)[C@H]1CC[C@H]2[C@@H]3[C@@H](O)C[C@@H]4CNCC[C@]4(C)[C@H]3CC[C@]12C. The second kappa shape index (κ2) is 11.9. The minimum absolute atomic E-state index is 0.0980. The third kappa shape index (κ3) is 5.89. The van der Waals surface area contributed by atoms with E-state index in [0.717, 1.165) is 38.8 Å². The number of fused-ring (bicyclic) bond motifs is 5. The van der Waals surface area contributed by atoms with E-state index < -0.39 is 12.0 Å². The quantitative estimate of drug-likeness (QED) is 0.264. The van der Waals surface area contributed by atoms with Gasteiger partial charge in [0.1, 0.15) is 6.04 Å². The molecule has 0 aromatic heterocycles. The molecule has 0 radical (unpaired) electrons. The summed E-state index contributed by atoms with van der Waals surface area (Å²) in [6.45, 7) is 10.3. The second-order valence-corrected chi connectivity index (χ2v) is 13.6. The van der Waals surface area contributed by atoms with Crippen LogP contribution >= 0.6 is 0 Å². The zero-order valence-corrected chi connectivity index (χ0v) is 23.5. The van der Waals surface area contributed by atoms with Crippen molar-refractivity contribution in [2.24, 2.45) is 52.1 Å². The third-order valence-corrected chi connectivity index (χ3v) is 11.7. The minimum atomic E-state index is -0.965. The summed E-state index contributed by atoms with van der Waals surface area (Å²) in [6, 6.07) is -0.810. The minimum Gasteiger partial charge on any atom is -0.480 e. The average Bonchev–Trinajstić information content (AvgIpc) is 3.21. The topological polar surface area (TPSA) is 125 Å². The molecule has 4 rings (SSSR count). The smallest absolute Gasteiger partial charge is 0.320 e. The Morgan fingerprint density at radius 1 is 1.05 bits per heavy atom. The molecule has 0 unspecified atom stereocenters. The van der Waals surface area contributed by atoms with E-state index in [9.17, 15) is 14.7 Å². The fourth-order valence-corrected chi connectivity index (χ4v) is 9.55. The number of unbranched alkanes of at least 4 members (excludes halogenated alkanes) is 1. The average molecular weight is 520 g/mol. The molecule has 0 aromatic carbocycles. The predicted molar refractivity (Wildman–Crippen MR) is 146 cm³/mol. The fraction of sp³-hybridized carbons (Fsp3) is 0.933. The van der Waals surface area contributed by atoms with Crippen LogP contribution in [0.15, 0.2) is 0 Å². The Kier molecular flexibility index (Phi) is 9.28. The number of carboxylic acids is 1. The van der Waals surface area contributed by atoms with Gasteiger partial charge in [-0.15, -0.1) is 0 Å². The normalized spacial score (nSPS) is 40.7. The lowest BCUT2D eigenvalue weighted by Crippen LogP contribution is -2.60. The van der Waals surface area contributed by atoms with Gasteiger partial charge in [0.15, 0.2) is 0 Å². The van der Waals surface area contributed by atoms with Crippen LogP contribution in [0.4, 0.5) is 0 Å². The number of amides is 1. The summed E-state index contributed by atoms with van der Waals surface area (Å²) in [5, 5.41) is 26.8. The van der Waals surface area contributed by atoms with Crippen molar-refractivity contribution in [2.75, 3.05) is 19.6 Å². The molecule has 0 bridgehead atoms. The van der Waals surface area contributed by atoms with Gasteiger partial charge in [0.2, 0.25) is 5.91 Å². The van der Waals surface area contributed by atoms with Crippen LogP contribution in [0.3, 0.4) is 0 Å². The lowest BCUT2D eigenvalue weighted by atomic mass is 9.45. The molecule has 0 aromatic rings. The van der Waals surface area contributed by atoms with E-state index in [4.69, 9.17) is 10.8 Å². The number of carboxylic acid groups (broad SMARTS) is 1. The van der Waals surface area contributed by atoms with Crippen molar-refractivity contribution in [3.05, 3.63) is 0 Å². The number of nitrogens with one attached hydrogen (secondary N) is 2. The standard InChI is InChI=1S/C30H53N3O4/c1-19(7-6-9-26(35)33-15-5-4-8-24(31)28(36)37)21-10-11-22-27-23(12-13-30(21,22)3)29(2)14-16-32-18-20(29)17-25(27)34/h19-25,27,32,34H,4-18,31H2,1-3H3,(H,33,35)(H,36,37)/t19-,20-,21-,22+,23+,24+,25+,27+,29+,30-/m1/s1. The van der Waals surface area contributed by atoms with E-state index in [0.29, 0.717) is 72.1 Å². The number of carbonyl (C=O) groups excluding carboxylic acids is 1. The van der Waals surface area contributed by atoms with Gasteiger partial charge in [0.05, 0.1) is 6.10 Å². The Bertz CT molecular complexity index is 808. The maximum absolute atomic E-state index is 12.3. The molecular formula is C30H53N3O4. The summed E-state index contributed by atoms with van der Waals surface area (Å²) in [7, 11) is 0. The Hall–Kier alpha value is -1.18. The first-order valence-electron chi connectivity index (χ1n) is 15.2. The van der Waals surface area contributed by atoms with Crippen LogP contribution in [-0.2, 0) is 9.59 Å². The van der Waals surface area contributed by atoms with Gasteiger partial charge in [0, 0.05) is 13.0 Å². The molecule has 3 saturated carbocycles. The molecule has 3 aliphatic carbocycles. The number of hydrogen-bond donors (Lipinski definition) is 5. The van der Waals surface area contributed by atoms with Gasteiger partial charge in [-0.05, 0) is 130 Å². The Morgan fingerprint density at radius 3 is 2.57 bits per heavy atom. The van der Waals surface area contributed by atoms with Crippen LogP contribution in [0.2, 0.25) is 0 Å². The van der Waals surface area contributed by atoms with E-state index in [1.165, 1.54) is 32.1 Å². The highest BCUT2D eigenvalue weighted by Gasteiger charge is 2.62. The number of rotatable bonds is 11. The number of aliphatic hydroxyl groups excluding tert-OH is 1. The van der Waals surface area contributed by atoms with E-state index in [1.54, 1.807) is 0 Å². The molecule has 4 aliphatic rings. The van der Waals surface area contributed by atoms with Crippen molar-refractivity contribution in [1.82, 2.24) is 10.6 Å². The van der Waals surface area contributed by atoms with Crippen molar-refractivity contribution in [1.29, 1.82) is 0 Å². The Morgan fingerprint density at radius 2 is 1.81 bits per heavy atom. The van der Waals surface area contributed by atoms with Gasteiger partial charge >= 0.3 is 5.97 Å². The van der Waals surface area contributed by atoms with E-state index in [2.05, 4.69) is 31.4 Å². The highest BCUT2D eigenvalue weighted by molar-refractivity contribution is 5.75. The predicted octanol–water partition coefficient (Wildman–Crippen LogP) is 3.93. The molecule has 10 atom stereocenters. The van der Waals surface area contributed by atoms with Crippen molar-refractivity contribution in [2.45, 2.75) is 110 Å². The zero-order chi connectivity index (χ0) is 26.8. The summed E-state index contributed by atoms with van der Waals surface area (Å²) < 4.78 is 0. The van der Waals surface area contributed by atoms with E-state index >= 15 is 0 Å². The van der Waals surface area contributed by atoms with Crippen LogP contribution in [-0.4, -0.2) is 53.9 Å². The van der Waals surface area contributed by atoms with Crippen molar-refractivity contribution < 1.29 is 19.8 Å². The molecule has 212 valence electrons. The highest BCUT2D eigenvalue weighted by Crippen LogP contribution is 2.67. The molecule has 1 heterocycles. The molecule has 7 heteroatoms. The largest absolute Gasteiger partial charge is 0.480 e. The van der Waals surface area contributed by atoms with Crippen LogP contribution in [0.25, 0.3) is 0 Å². The summed E-state index contributed by atoms with van der Waals surface area (Å²) >= 11 is 0. The second-order valence-electron chi connectivity index (χ2n) is 13.6. The molecule has 1 amide bonds. The number of hydrogen-bond acceptors (Lipinski definition) is 5. The number of piperidine rings is 1. The molecule has 1 saturated heterocycles. The molecule has 37 heavy (non-hydrogen) atoms. The van der Waals surface area contributed by atoms with Gasteiger partial charge in [-0.25, -0.2) is 0 Å². The maximum atomic E-state index is 12.3. The first-order chi connectivity index (χ1) is 17.6. The van der Waals surface area contributed by atoms with Crippen LogP contribution < -0.4 is 16.4 Å². The lowest BCUT2D eigenvalue weighted by molar-refractivity contribution is -0.161. The molecule has 1 aliphatic heterocycles. The van der Waals surface area contributed by atoms with Gasteiger partial charge in [-0.3, -0.25) is 9.59 Å². The summed E-state index contributed by atoms with van der Waals surface area (Å²) in [5.41, 5.74) is 6.22. The fourth-order valence-electron chi connectivity index (χ4n) is 9.55. The summed E-state index contributed by atoms with van der Waals surface area (Å²) in [4.78, 5) is 23.1. The van der Waals surface area contributed by atoms with Gasteiger partial charge < -0.3 is 26.6 Å².